The van der Waals surface area contributed by atoms with Crippen molar-refractivity contribution < 1.29 is 14.0 Å². The summed E-state index contributed by atoms with van der Waals surface area (Å²) in [5.41, 5.74) is 0.400. The molecule has 0 aliphatic heterocycles. The van der Waals surface area contributed by atoms with Crippen molar-refractivity contribution in [1.29, 1.82) is 0 Å². The summed E-state index contributed by atoms with van der Waals surface area (Å²) in [6.07, 6.45) is 10.9. The highest BCUT2D eigenvalue weighted by Gasteiger charge is 2.38. The molecule has 0 aromatic heterocycles. The summed E-state index contributed by atoms with van der Waals surface area (Å²) in [6.45, 7) is 8.90. The third-order valence-electron chi connectivity index (χ3n) is 5.91. The molecular weight excluding hydrogens is 355 g/mol. The summed E-state index contributed by atoms with van der Waals surface area (Å²) in [6, 6.07) is 10.2. The molecule has 4 heteroatoms. The van der Waals surface area contributed by atoms with Gasteiger partial charge in [-0.25, -0.2) is 0 Å². The Morgan fingerprint density at radius 2 is 1.41 bits per heavy atom. The second-order valence-corrected chi connectivity index (χ2v) is 8.71. The summed E-state index contributed by atoms with van der Waals surface area (Å²) >= 11 is 0. The van der Waals surface area contributed by atoms with Crippen molar-refractivity contribution in [2.45, 2.75) is 97.5 Å². The van der Waals surface area contributed by atoms with Crippen LogP contribution >= 0.6 is 8.25 Å². The number of benzene rings is 1. The van der Waals surface area contributed by atoms with E-state index >= 15 is 0 Å². The van der Waals surface area contributed by atoms with Crippen LogP contribution in [0.4, 0.5) is 0 Å². The number of rotatable bonds is 15. The molecule has 0 amide bonds. The third kappa shape index (κ3) is 8.50. The Hall–Kier alpha value is -0.630. The van der Waals surface area contributed by atoms with Gasteiger partial charge in [-0.15, -0.1) is 0 Å². The van der Waals surface area contributed by atoms with E-state index in [0.29, 0.717) is 11.8 Å². The molecule has 0 bridgehead atoms. The molecule has 1 aromatic rings. The highest BCUT2D eigenvalue weighted by molar-refractivity contribution is 7.32. The quantitative estimate of drug-likeness (QED) is 0.312. The van der Waals surface area contributed by atoms with E-state index in [4.69, 9.17) is 4.52 Å². The van der Waals surface area contributed by atoms with Crippen molar-refractivity contribution in [3.05, 3.63) is 35.9 Å². The summed E-state index contributed by atoms with van der Waals surface area (Å²) in [7, 11) is -3.03. The summed E-state index contributed by atoms with van der Waals surface area (Å²) in [5, 5.41) is 0. The smallest absolute Gasteiger partial charge is 0.317 e. The van der Waals surface area contributed by atoms with Gasteiger partial charge in [-0.1, -0.05) is 109 Å². The van der Waals surface area contributed by atoms with Crippen LogP contribution in [-0.2, 0) is 14.7 Å². The van der Waals surface area contributed by atoms with Gasteiger partial charge in [-0.05, 0) is 30.2 Å². The molecule has 0 saturated carbocycles. The normalized spacial score (nSPS) is 17.2. The fraction of sp³-hybridized carbons (Fsp3) is 0.739. The molecule has 1 rings (SSSR count). The van der Waals surface area contributed by atoms with Gasteiger partial charge in [0.05, 0.1) is 0 Å². The zero-order valence-corrected chi connectivity index (χ0v) is 18.9. The average molecular weight is 397 g/mol. The lowest BCUT2D eigenvalue weighted by Crippen LogP contribution is -2.33. The largest absolute Gasteiger partial charge is 0.326 e. The van der Waals surface area contributed by atoms with E-state index in [1.165, 1.54) is 25.7 Å². The van der Waals surface area contributed by atoms with Crippen LogP contribution in [0.5, 0.6) is 0 Å². The number of hydrogen-bond acceptors (Lipinski definition) is 2. The lowest BCUT2D eigenvalue weighted by Gasteiger charge is -2.39. The van der Waals surface area contributed by atoms with Gasteiger partial charge in [0, 0.05) is 0 Å². The Bertz CT molecular complexity index is 500. The molecule has 3 atom stereocenters. The predicted octanol–water partition coefficient (Wildman–Crippen LogP) is 7.49. The van der Waals surface area contributed by atoms with Crippen molar-refractivity contribution in [3.63, 3.8) is 0 Å². The summed E-state index contributed by atoms with van der Waals surface area (Å²) < 4.78 is 17.9. The van der Waals surface area contributed by atoms with Crippen molar-refractivity contribution in [1.82, 2.24) is 0 Å². The molecular formula is C23H41O3P. The van der Waals surface area contributed by atoms with E-state index in [2.05, 4.69) is 39.8 Å². The SMILES string of the molecule is CCCCC(CC)CC(CC(CC)CCCC)(O[PH](=O)O)c1ccccc1. The molecule has 0 fully saturated rings. The van der Waals surface area contributed by atoms with Gasteiger partial charge in [0.25, 0.3) is 0 Å². The maximum Gasteiger partial charge on any atom is 0.317 e. The van der Waals surface area contributed by atoms with E-state index in [1.54, 1.807) is 0 Å². The second kappa shape index (κ2) is 13.5. The van der Waals surface area contributed by atoms with Crippen LogP contribution in [0.15, 0.2) is 30.3 Å². The molecule has 27 heavy (non-hydrogen) atoms. The molecule has 1 aromatic carbocycles. The average Bonchev–Trinajstić information content (AvgIpc) is 2.68. The van der Waals surface area contributed by atoms with Crippen molar-refractivity contribution >= 4 is 8.25 Å². The van der Waals surface area contributed by atoms with Gasteiger partial charge in [0.15, 0.2) is 0 Å². The lowest BCUT2D eigenvalue weighted by atomic mass is 9.75. The Kier molecular flexibility index (Phi) is 12.2. The monoisotopic (exact) mass is 396 g/mol. The Morgan fingerprint density at radius 1 is 0.926 bits per heavy atom. The van der Waals surface area contributed by atoms with Crippen LogP contribution in [0.25, 0.3) is 0 Å². The highest BCUT2D eigenvalue weighted by atomic mass is 31.1. The molecule has 0 heterocycles. The van der Waals surface area contributed by atoms with E-state index in [1.807, 2.05) is 18.2 Å². The van der Waals surface area contributed by atoms with Crippen LogP contribution in [0.3, 0.4) is 0 Å². The molecule has 3 unspecified atom stereocenters. The molecule has 0 aliphatic rings. The maximum absolute atomic E-state index is 11.9. The minimum atomic E-state index is -3.03. The first-order valence-corrected chi connectivity index (χ1v) is 12.2. The van der Waals surface area contributed by atoms with Crippen molar-refractivity contribution in [2.75, 3.05) is 0 Å². The van der Waals surface area contributed by atoms with Gasteiger partial charge in [0.2, 0.25) is 0 Å². The van der Waals surface area contributed by atoms with Gasteiger partial charge >= 0.3 is 8.25 Å². The van der Waals surface area contributed by atoms with E-state index in [0.717, 1.165) is 44.1 Å². The maximum atomic E-state index is 11.9. The van der Waals surface area contributed by atoms with Gasteiger partial charge in [-0.2, -0.15) is 0 Å². The van der Waals surface area contributed by atoms with Crippen LogP contribution < -0.4 is 0 Å². The zero-order chi connectivity index (χ0) is 20.1. The standard InChI is InChI=1S/C23H41O3P/c1-5-9-14-20(7-3)18-23(26-27(24)25,22-16-12-11-13-17-22)19-21(8-4)15-10-6-2/h11-13,16-17,20-21,27H,5-10,14-15,18-19H2,1-4H3,(H,24,25). The molecule has 3 nitrogen and oxygen atoms in total. The molecule has 0 radical (unpaired) electrons. The van der Waals surface area contributed by atoms with E-state index < -0.39 is 13.9 Å². The fourth-order valence-electron chi connectivity index (χ4n) is 4.19. The molecule has 0 spiro atoms. The second-order valence-electron chi connectivity index (χ2n) is 7.97. The highest BCUT2D eigenvalue weighted by Crippen LogP contribution is 2.46. The van der Waals surface area contributed by atoms with Crippen LogP contribution in [0, 0.1) is 11.8 Å². The minimum Gasteiger partial charge on any atom is -0.326 e. The van der Waals surface area contributed by atoms with Crippen LogP contribution in [0.1, 0.15) is 97.5 Å². The molecule has 1 N–H and O–H groups in total. The Labute approximate surface area is 167 Å². The minimum absolute atomic E-state index is 0.509. The van der Waals surface area contributed by atoms with Gasteiger partial charge in [0.1, 0.15) is 5.60 Å². The van der Waals surface area contributed by atoms with E-state index in [9.17, 15) is 9.46 Å². The summed E-state index contributed by atoms with van der Waals surface area (Å²) in [4.78, 5) is 9.80. The van der Waals surface area contributed by atoms with E-state index in [-0.39, 0.29) is 0 Å². The zero-order valence-electron chi connectivity index (χ0n) is 17.9. The predicted molar refractivity (Wildman–Crippen MR) is 116 cm³/mol. The van der Waals surface area contributed by atoms with Gasteiger partial charge in [-0.3, -0.25) is 9.09 Å². The number of hydrogen-bond donors (Lipinski definition) is 1. The first-order chi connectivity index (χ1) is 13.0. The fourth-order valence-corrected chi connectivity index (χ4v) is 4.81. The van der Waals surface area contributed by atoms with Crippen LogP contribution in [0.2, 0.25) is 0 Å². The molecule has 156 valence electrons. The van der Waals surface area contributed by atoms with Crippen LogP contribution in [-0.4, -0.2) is 4.89 Å². The molecule has 0 saturated heterocycles. The first-order valence-electron chi connectivity index (χ1n) is 11.0. The third-order valence-corrected chi connectivity index (χ3v) is 6.47. The lowest BCUT2D eigenvalue weighted by molar-refractivity contribution is 0.00719. The number of unbranched alkanes of at least 4 members (excludes halogenated alkanes) is 2. The Balaban J connectivity index is 3.24. The van der Waals surface area contributed by atoms with Gasteiger partial charge < -0.3 is 4.89 Å². The van der Waals surface area contributed by atoms with Crippen molar-refractivity contribution in [2.24, 2.45) is 11.8 Å². The Morgan fingerprint density at radius 3 is 1.78 bits per heavy atom. The molecule has 0 aliphatic carbocycles. The van der Waals surface area contributed by atoms with Crippen molar-refractivity contribution in [3.8, 4) is 0 Å². The first kappa shape index (κ1) is 24.4. The topological polar surface area (TPSA) is 46.5 Å². The summed E-state index contributed by atoms with van der Waals surface area (Å²) in [5.74, 6) is 1.02.